The predicted molar refractivity (Wildman–Crippen MR) is 84.4 cm³/mol. The number of hydrogen-bond donors (Lipinski definition) is 1. The van der Waals surface area contributed by atoms with Crippen LogP contribution in [0.2, 0.25) is 0 Å². The molecule has 1 saturated carbocycles. The number of nitrogens with zero attached hydrogens (tertiary/aromatic N) is 4. The summed E-state index contributed by atoms with van der Waals surface area (Å²) in [5.74, 6) is 1.42. The SMILES string of the molecule is COCCCNC(=O)N1CCc2nn(CC3CC3)c(=O)n2CC1. The van der Waals surface area contributed by atoms with Crippen LogP contribution < -0.4 is 11.0 Å². The number of fused-ring (bicyclic) bond motifs is 1. The molecule has 0 unspecified atom stereocenters. The lowest BCUT2D eigenvalue weighted by atomic mass is 10.4. The predicted octanol–water partition coefficient (Wildman–Crippen LogP) is 0.0590. The number of hydrogen-bond acceptors (Lipinski definition) is 4. The molecule has 2 amide bonds. The van der Waals surface area contributed by atoms with Gasteiger partial charge in [-0.3, -0.25) is 4.57 Å². The number of carbonyl (C=O) groups is 1. The first-order valence-electron chi connectivity index (χ1n) is 8.37. The van der Waals surface area contributed by atoms with E-state index in [9.17, 15) is 9.59 Å². The van der Waals surface area contributed by atoms with E-state index in [1.165, 1.54) is 12.8 Å². The first kappa shape index (κ1) is 16.0. The summed E-state index contributed by atoms with van der Waals surface area (Å²) in [7, 11) is 1.65. The molecule has 1 aromatic heterocycles. The molecule has 1 N–H and O–H groups in total. The molecule has 0 saturated heterocycles. The van der Waals surface area contributed by atoms with E-state index in [1.54, 1.807) is 21.3 Å². The average Bonchev–Trinajstić information content (AvgIpc) is 3.33. The second-order valence-corrected chi connectivity index (χ2v) is 6.29. The van der Waals surface area contributed by atoms with E-state index in [4.69, 9.17) is 4.74 Å². The second kappa shape index (κ2) is 7.16. The van der Waals surface area contributed by atoms with Gasteiger partial charge in [0, 0.05) is 52.9 Å². The molecule has 1 aliphatic heterocycles. The molecule has 2 aliphatic rings. The third-order valence-electron chi connectivity index (χ3n) is 4.42. The van der Waals surface area contributed by atoms with Crippen LogP contribution in [0.25, 0.3) is 0 Å². The van der Waals surface area contributed by atoms with E-state index in [-0.39, 0.29) is 11.7 Å². The minimum Gasteiger partial charge on any atom is -0.385 e. The summed E-state index contributed by atoms with van der Waals surface area (Å²) < 4.78 is 8.29. The molecule has 1 aliphatic carbocycles. The van der Waals surface area contributed by atoms with Crippen LogP contribution in [0.15, 0.2) is 4.79 Å². The minimum absolute atomic E-state index is 0.0331. The Hall–Kier alpha value is -1.83. The number of rotatable bonds is 6. The van der Waals surface area contributed by atoms with Crippen LogP contribution in [0.3, 0.4) is 0 Å². The summed E-state index contributed by atoms with van der Waals surface area (Å²) in [4.78, 5) is 26.3. The molecule has 23 heavy (non-hydrogen) atoms. The summed E-state index contributed by atoms with van der Waals surface area (Å²) in [6.45, 7) is 3.62. The van der Waals surface area contributed by atoms with Gasteiger partial charge in [0.1, 0.15) is 5.82 Å². The van der Waals surface area contributed by atoms with Crippen LogP contribution in [0, 0.1) is 5.92 Å². The molecule has 128 valence electrons. The Morgan fingerprint density at radius 3 is 2.91 bits per heavy atom. The number of amides is 2. The Bertz CT molecular complexity index is 605. The lowest BCUT2D eigenvalue weighted by molar-refractivity contribution is 0.185. The van der Waals surface area contributed by atoms with E-state index in [2.05, 4.69) is 10.4 Å². The molecule has 8 heteroatoms. The quantitative estimate of drug-likeness (QED) is 0.751. The minimum atomic E-state index is -0.0786. The topological polar surface area (TPSA) is 81.4 Å². The normalized spacial score (nSPS) is 17.7. The van der Waals surface area contributed by atoms with Crippen molar-refractivity contribution in [3.63, 3.8) is 0 Å². The molecular formula is C15H25N5O3. The van der Waals surface area contributed by atoms with Crippen molar-refractivity contribution in [2.75, 3.05) is 33.4 Å². The van der Waals surface area contributed by atoms with Gasteiger partial charge >= 0.3 is 11.7 Å². The van der Waals surface area contributed by atoms with Crippen molar-refractivity contribution in [3.8, 4) is 0 Å². The zero-order valence-electron chi connectivity index (χ0n) is 13.7. The van der Waals surface area contributed by atoms with Gasteiger partial charge in [0.05, 0.1) is 0 Å². The molecule has 0 spiro atoms. The van der Waals surface area contributed by atoms with Crippen molar-refractivity contribution in [1.29, 1.82) is 0 Å². The van der Waals surface area contributed by atoms with Gasteiger partial charge in [0.25, 0.3) is 0 Å². The number of aromatic nitrogens is 3. The highest BCUT2D eigenvalue weighted by Crippen LogP contribution is 2.29. The largest absolute Gasteiger partial charge is 0.385 e. The van der Waals surface area contributed by atoms with Crippen molar-refractivity contribution in [3.05, 3.63) is 16.3 Å². The second-order valence-electron chi connectivity index (χ2n) is 6.29. The molecule has 1 aromatic rings. The number of methoxy groups -OCH3 is 1. The van der Waals surface area contributed by atoms with Crippen LogP contribution in [0.5, 0.6) is 0 Å². The van der Waals surface area contributed by atoms with Gasteiger partial charge in [0.15, 0.2) is 0 Å². The van der Waals surface area contributed by atoms with Crippen molar-refractivity contribution in [2.45, 2.75) is 38.8 Å². The van der Waals surface area contributed by atoms with Crippen LogP contribution in [0.1, 0.15) is 25.1 Å². The van der Waals surface area contributed by atoms with E-state index in [0.717, 1.165) is 18.8 Å². The summed E-state index contributed by atoms with van der Waals surface area (Å²) in [6, 6.07) is -0.0786. The molecule has 0 aromatic carbocycles. The van der Waals surface area contributed by atoms with Gasteiger partial charge in [-0.25, -0.2) is 14.3 Å². The fourth-order valence-corrected chi connectivity index (χ4v) is 2.85. The van der Waals surface area contributed by atoms with Gasteiger partial charge in [0.2, 0.25) is 0 Å². The lowest BCUT2D eigenvalue weighted by Crippen LogP contribution is -2.42. The molecule has 3 rings (SSSR count). The van der Waals surface area contributed by atoms with E-state index < -0.39 is 0 Å². The van der Waals surface area contributed by atoms with Gasteiger partial charge in [-0.15, -0.1) is 0 Å². The van der Waals surface area contributed by atoms with Crippen LogP contribution >= 0.6 is 0 Å². The van der Waals surface area contributed by atoms with Crippen LogP contribution in [-0.4, -0.2) is 58.6 Å². The summed E-state index contributed by atoms with van der Waals surface area (Å²) in [6.07, 6.45) is 3.82. The van der Waals surface area contributed by atoms with Gasteiger partial charge in [-0.1, -0.05) is 0 Å². The highest BCUT2D eigenvalue weighted by Gasteiger charge is 2.26. The third-order valence-corrected chi connectivity index (χ3v) is 4.42. The molecule has 2 heterocycles. The molecule has 0 atom stereocenters. The third kappa shape index (κ3) is 3.93. The average molecular weight is 323 g/mol. The fraction of sp³-hybridized carbons (Fsp3) is 0.800. The Morgan fingerprint density at radius 2 is 2.17 bits per heavy atom. The zero-order valence-corrected chi connectivity index (χ0v) is 13.7. The van der Waals surface area contributed by atoms with Crippen molar-refractivity contribution < 1.29 is 9.53 Å². The first-order chi connectivity index (χ1) is 11.2. The summed E-state index contributed by atoms with van der Waals surface area (Å²) in [5.41, 5.74) is -0.0331. The fourth-order valence-electron chi connectivity index (χ4n) is 2.85. The molecule has 0 bridgehead atoms. The van der Waals surface area contributed by atoms with E-state index >= 15 is 0 Å². The molecule has 0 radical (unpaired) electrons. The highest BCUT2D eigenvalue weighted by molar-refractivity contribution is 5.74. The number of carbonyl (C=O) groups excluding carboxylic acids is 1. The van der Waals surface area contributed by atoms with Crippen molar-refractivity contribution in [2.24, 2.45) is 5.92 Å². The first-order valence-corrected chi connectivity index (χ1v) is 8.37. The maximum Gasteiger partial charge on any atom is 0.345 e. The lowest BCUT2D eigenvalue weighted by Gasteiger charge is -2.20. The Morgan fingerprint density at radius 1 is 1.35 bits per heavy atom. The van der Waals surface area contributed by atoms with Gasteiger partial charge in [-0.05, 0) is 25.2 Å². The number of ether oxygens (including phenoxy) is 1. The number of urea groups is 1. The molecule has 8 nitrogen and oxygen atoms in total. The van der Waals surface area contributed by atoms with Crippen LogP contribution in [0.4, 0.5) is 4.79 Å². The maximum absolute atomic E-state index is 12.4. The van der Waals surface area contributed by atoms with Crippen LogP contribution in [-0.2, 0) is 24.2 Å². The van der Waals surface area contributed by atoms with E-state index in [1.807, 2.05) is 0 Å². The monoisotopic (exact) mass is 323 g/mol. The summed E-state index contributed by atoms with van der Waals surface area (Å²) in [5, 5.41) is 7.35. The maximum atomic E-state index is 12.4. The smallest absolute Gasteiger partial charge is 0.345 e. The standard InChI is InChI=1S/C15H25N5O3/c1-23-10-2-6-16-14(21)18-7-5-13-17-20(11-12-3-4-12)15(22)19(13)9-8-18/h12H,2-11H2,1H3,(H,16,21). The number of nitrogens with one attached hydrogen (secondary N) is 1. The Kier molecular flexibility index (Phi) is 5.00. The highest BCUT2D eigenvalue weighted by atomic mass is 16.5. The van der Waals surface area contributed by atoms with Crippen molar-refractivity contribution >= 4 is 6.03 Å². The van der Waals surface area contributed by atoms with E-state index in [0.29, 0.717) is 45.1 Å². The van der Waals surface area contributed by atoms with Gasteiger partial charge in [-0.2, -0.15) is 5.10 Å². The Balaban J connectivity index is 1.55. The summed E-state index contributed by atoms with van der Waals surface area (Å²) >= 11 is 0. The molecule has 1 fully saturated rings. The molecular weight excluding hydrogens is 298 g/mol. The van der Waals surface area contributed by atoms with Crippen molar-refractivity contribution in [1.82, 2.24) is 24.6 Å². The van der Waals surface area contributed by atoms with Gasteiger partial charge < -0.3 is 15.0 Å². The Labute approximate surface area is 135 Å². The zero-order chi connectivity index (χ0) is 16.2.